The van der Waals surface area contributed by atoms with Crippen LogP contribution in [0.25, 0.3) is 0 Å². The quantitative estimate of drug-likeness (QED) is 0.632. The molecule has 1 rings (SSSR count). The monoisotopic (exact) mass is 281 g/mol. The fourth-order valence-corrected chi connectivity index (χ4v) is 2.07. The molecule has 0 aliphatic rings. The van der Waals surface area contributed by atoms with Gasteiger partial charge in [0.15, 0.2) is 0 Å². The van der Waals surface area contributed by atoms with Crippen molar-refractivity contribution in [2.45, 2.75) is 26.0 Å². The van der Waals surface area contributed by atoms with Crippen LogP contribution in [-0.2, 0) is 14.2 Å². The Labute approximate surface area is 122 Å². The van der Waals surface area contributed by atoms with Gasteiger partial charge in [-0.05, 0) is 19.0 Å². The van der Waals surface area contributed by atoms with Gasteiger partial charge in [-0.2, -0.15) is 0 Å². The lowest BCUT2D eigenvalue weighted by atomic mass is 10.0. The largest absolute Gasteiger partial charge is 0.382 e. The molecule has 0 fully saturated rings. The molecule has 4 heteroatoms. The third-order valence-corrected chi connectivity index (χ3v) is 3.09. The molecule has 0 bridgehead atoms. The molecular weight excluding hydrogens is 254 g/mol. The van der Waals surface area contributed by atoms with E-state index in [1.54, 1.807) is 7.11 Å². The maximum absolute atomic E-state index is 5.86. The first-order valence-electron chi connectivity index (χ1n) is 7.26. The van der Waals surface area contributed by atoms with Crippen LogP contribution in [0.1, 0.15) is 25.5 Å². The molecule has 0 aliphatic carbocycles. The third-order valence-electron chi connectivity index (χ3n) is 3.09. The minimum Gasteiger partial charge on any atom is -0.382 e. The van der Waals surface area contributed by atoms with E-state index in [9.17, 15) is 0 Å². The fourth-order valence-electron chi connectivity index (χ4n) is 2.07. The van der Waals surface area contributed by atoms with Crippen LogP contribution in [-0.4, -0.2) is 46.2 Å². The first kappa shape index (κ1) is 17.1. The van der Waals surface area contributed by atoms with Crippen LogP contribution in [0, 0.1) is 0 Å². The van der Waals surface area contributed by atoms with Crippen LogP contribution in [0.5, 0.6) is 0 Å². The Kier molecular flexibility index (Phi) is 9.24. The minimum atomic E-state index is 0.100. The second-order valence-electron chi connectivity index (χ2n) is 4.63. The molecule has 0 heterocycles. The Hall–Kier alpha value is -0.940. The Balaban J connectivity index is 2.35. The van der Waals surface area contributed by atoms with Crippen LogP contribution >= 0.6 is 0 Å². The summed E-state index contributed by atoms with van der Waals surface area (Å²) >= 11 is 0. The zero-order chi connectivity index (χ0) is 14.6. The Morgan fingerprint density at radius 1 is 1.05 bits per heavy atom. The molecule has 0 saturated heterocycles. The lowest BCUT2D eigenvalue weighted by molar-refractivity contribution is -0.0127. The Bertz CT molecular complexity index is 332. The van der Waals surface area contributed by atoms with E-state index in [1.165, 1.54) is 5.56 Å². The predicted molar refractivity (Wildman–Crippen MR) is 81.0 cm³/mol. The van der Waals surface area contributed by atoms with Crippen molar-refractivity contribution in [2.24, 2.45) is 0 Å². The Morgan fingerprint density at radius 2 is 1.75 bits per heavy atom. The van der Waals surface area contributed by atoms with Gasteiger partial charge < -0.3 is 19.5 Å². The molecule has 0 radical (unpaired) electrons. The minimum absolute atomic E-state index is 0.100. The standard InChI is InChI=1S/C16H27NO3/c1-4-17-16(15-8-6-5-7-9-15)14(2)20-13-12-19-11-10-18-3/h5-9,14,16-17H,4,10-13H2,1-3H3. The van der Waals surface area contributed by atoms with Crippen molar-refractivity contribution < 1.29 is 14.2 Å². The summed E-state index contributed by atoms with van der Waals surface area (Å²) in [6.45, 7) is 7.55. The number of likely N-dealkylation sites (N-methyl/N-ethyl adjacent to an activating group) is 1. The third kappa shape index (κ3) is 6.48. The lowest BCUT2D eigenvalue weighted by Gasteiger charge is -2.25. The van der Waals surface area contributed by atoms with Gasteiger partial charge >= 0.3 is 0 Å². The number of hydrogen-bond acceptors (Lipinski definition) is 4. The maximum Gasteiger partial charge on any atom is 0.0742 e. The highest BCUT2D eigenvalue weighted by Gasteiger charge is 2.18. The first-order chi connectivity index (χ1) is 9.79. The Morgan fingerprint density at radius 3 is 2.40 bits per heavy atom. The van der Waals surface area contributed by atoms with Gasteiger partial charge in [0.05, 0.1) is 38.6 Å². The molecular formula is C16H27NO3. The molecule has 114 valence electrons. The second kappa shape index (κ2) is 10.8. The SMILES string of the molecule is CCNC(c1ccccc1)C(C)OCCOCCOC. The highest BCUT2D eigenvalue weighted by Crippen LogP contribution is 2.18. The maximum atomic E-state index is 5.86. The normalized spacial score (nSPS) is 14.2. The van der Waals surface area contributed by atoms with E-state index in [-0.39, 0.29) is 12.1 Å². The smallest absolute Gasteiger partial charge is 0.0742 e. The molecule has 1 aromatic carbocycles. The van der Waals surface area contributed by atoms with Gasteiger partial charge in [0.2, 0.25) is 0 Å². The van der Waals surface area contributed by atoms with E-state index in [2.05, 4.69) is 43.4 Å². The number of methoxy groups -OCH3 is 1. The second-order valence-corrected chi connectivity index (χ2v) is 4.63. The van der Waals surface area contributed by atoms with E-state index in [4.69, 9.17) is 14.2 Å². The number of nitrogens with one attached hydrogen (secondary N) is 1. The highest BCUT2D eigenvalue weighted by molar-refractivity contribution is 5.19. The van der Waals surface area contributed by atoms with Crippen LogP contribution in [0.3, 0.4) is 0 Å². The van der Waals surface area contributed by atoms with Crippen molar-refractivity contribution in [1.29, 1.82) is 0 Å². The summed E-state index contributed by atoms with van der Waals surface area (Å²) in [4.78, 5) is 0. The van der Waals surface area contributed by atoms with Crippen LogP contribution in [0.2, 0.25) is 0 Å². The van der Waals surface area contributed by atoms with Gasteiger partial charge in [-0.15, -0.1) is 0 Å². The van der Waals surface area contributed by atoms with E-state index in [1.807, 2.05) is 6.07 Å². The van der Waals surface area contributed by atoms with Crippen molar-refractivity contribution in [3.63, 3.8) is 0 Å². The molecule has 2 unspecified atom stereocenters. The van der Waals surface area contributed by atoms with E-state index in [0.717, 1.165) is 6.54 Å². The van der Waals surface area contributed by atoms with E-state index >= 15 is 0 Å². The summed E-state index contributed by atoms with van der Waals surface area (Å²) in [5, 5.41) is 3.47. The summed E-state index contributed by atoms with van der Waals surface area (Å²) in [5.41, 5.74) is 1.25. The fraction of sp³-hybridized carbons (Fsp3) is 0.625. The number of benzene rings is 1. The molecule has 20 heavy (non-hydrogen) atoms. The summed E-state index contributed by atoms with van der Waals surface area (Å²) in [7, 11) is 1.67. The molecule has 0 amide bonds. The van der Waals surface area contributed by atoms with Crippen LogP contribution < -0.4 is 5.32 Å². The molecule has 1 N–H and O–H groups in total. The average Bonchev–Trinajstić information content (AvgIpc) is 2.49. The topological polar surface area (TPSA) is 39.7 Å². The van der Waals surface area contributed by atoms with Crippen molar-refractivity contribution in [1.82, 2.24) is 5.32 Å². The molecule has 0 aliphatic heterocycles. The summed E-state index contributed by atoms with van der Waals surface area (Å²) in [6, 6.07) is 10.6. The van der Waals surface area contributed by atoms with E-state index < -0.39 is 0 Å². The van der Waals surface area contributed by atoms with Crippen molar-refractivity contribution in [2.75, 3.05) is 40.1 Å². The predicted octanol–water partition coefficient (Wildman–Crippen LogP) is 2.41. The molecule has 2 atom stereocenters. The van der Waals surface area contributed by atoms with Gasteiger partial charge in [-0.25, -0.2) is 0 Å². The zero-order valence-electron chi connectivity index (χ0n) is 12.8. The van der Waals surface area contributed by atoms with Gasteiger partial charge in [0.1, 0.15) is 0 Å². The van der Waals surface area contributed by atoms with Gasteiger partial charge in [0.25, 0.3) is 0 Å². The van der Waals surface area contributed by atoms with Gasteiger partial charge in [-0.3, -0.25) is 0 Å². The van der Waals surface area contributed by atoms with Gasteiger partial charge in [-0.1, -0.05) is 37.3 Å². The molecule has 0 spiro atoms. The number of rotatable bonds is 11. The molecule has 0 saturated carbocycles. The highest BCUT2D eigenvalue weighted by atomic mass is 16.5. The number of hydrogen-bond donors (Lipinski definition) is 1. The summed E-state index contributed by atoms with van der Waals surface area (Å²) in [6.07, 6.45) is 0.100. The molecule has 0 aromatic heterocycles. The van der Waals surface area contributed by atoms with E-state index in [0.29, 0.717) is 26.4 Å². The average molecular weight is 281 g/mol. The van der Waals surface area contributed by atoms with Crippen molar-refractivity contribution in [3.05, 3.63) is 35.9 Å². The van der Waals surface area contributed by atoms with Gasteiger partial charge in [0, 0.05) is 7.11 Å². The van der Waals surface area contributed by atoms with Crippen LogP contribution in [0.4, 0.5) is 0 Å². The summed E-state index contributed by atoms with van der Waals surface area (Å²) in [5.74, 6) is 0. The van der Waals surface area contributed by atoms with Crippen molar-refractivity contribution >= 4 is 0 Å². The molecule has 4 nitrogen and oxygen atoms in total. The molecule has 1 aromatic rings. The lowest BCUT2D eigenvalue weighted by Crippen LogP contribution is -2.32. The summed E-state index contributed by atoms with van der Waals surface area (Å²) < 4.78 is 16.2. The van der Waals surface area contributed by atoms with Crippen LogP contribution in [0.15, 0.2) is 30.3 Å². The zero-order valence-corrected chi connectivity index (χ0v) is 12.8. The first-order valence-corrected chi connectivity index (χ1v) is 7.26. The number of ether oxygens (including phenoxy) is 3. The van der Waals surface area contributed by atoms with Crippen molar-refractivity contribution in [3.8, 4) is 0 Å².